The zero-order valence-electron chi connectivity index (χ0n) is 12.2. The van der Waals surface area contributed by atoms with E-state index in [9.17, 15) is 4.39 Å². The molecule has 0 amide bonds. The number of rotatable bonds is 2. The Bertz CT molecular complexity index is 1090. The largest absolute Gasteiger partial charge is 0.290 e. The number of hydrogen-bond acceptors (Lipinski definition) is 3. The van der Waals surface area contributed by atoms with Gasteiger partial charge in [-0.25, -0.2) is 9.37 Å². The number of imidazole rings is 1. The van der Waals surface area contributed by atoms with Gasteiger partial charge in [-0.15, -0.1) is 11.3 Å². The Hall–Kier alpha value is -2.68. The Morgan fingerprint density at radius 3 is 2.67 bits per heavy atom. The van der Waals surface area contributed by atoms with Crippen molar-refractivity contribution in [2.45, 2.75) is 0 Å². The molecule has 2 aromatic heterocycles. The van der Waals surface area contributed by atoms with Gasteiger partial charge in [-0.05, 0) is 42.5 Å². The highest BCUT2D eigenvalue weighted by Crippen LogP contribution is 2.34. The van der Waals surface area contributed by atoms with E-state index in [0.717, 1.165) is 10.4 Å². The van der Waals surface area contributed by atoms with Gasteiger partial charge in [0.2, 0.25) is 0 Å². The Labute approximate surface area is 146 Å². The van der Waals surface area contributed by atoms with Crippen molar-refractivity contribution in [1.29, 1.82) is 5.26 Å². The van der Waals surface area contributed by atoms with Crippen molar-refractivity contribution in [3.8, 4) is 28.7 Å². The van der Waals surface area contributed by atoms with Crippen LogP contribution in [0.3, 0.4) is 0 Å². The molecule has 2 aromatic carbocycles. The second-order valence-corrected chi connectivity index (χ2v) is 6.51. The summed E-state index contributed by atoms with van der Waals surface area (Å²) in [6, 6.07) is 13.8. The van der Waals surface area contributed by atoms with Crippen LogP contribution < -0.4 is 0 Å². The van der Waals surface area contributed by atoms with Gasteiger partial charge >= 0.3 is 0 Å². The van der Waals surface area contributed by atoms with Gasteiger partial charge in [-0.2, -0.15) is 5.26 Å². The van der Waals surface area contributed by atoms with Crippen LogP contribution >= 0.6 is 22.9 Å². The third-order valence-electron chi connectivity index (χ3n) is 3.72. The number of fused-ring (bicyclic) bond motifs is 1. The number of halogens is 2. The lowest BCUT2D eigenvalue weighted by Crippen LogP contribution is -1.87. The Morgan fingerprint density at radius 1 is 1.17 bits per heavy atom. The van der Waals surface area contributed by atoms with Crippen molar-refractivity contribution >= 4 is 27.8 Å². The van der Waals surface area contributed by atoms with Crippen LogP contribution in [0.15, 0.2) is 54.0 Å². The smallest absolute Gasteiger partial charge is 0.145 e. The molecular weight excluding hydrogens is 345 g/mol. The normalized spacial score (nSPS) is 10.9. The van der Waals surface area contributed by atoms with Gasteiger partial charge in [0.15, 0.2) is 0 Å². The van der Waals surface area contributed by atoms with E-state index in [4.69, 9.17) is 16.9 Å². The number of thiazole rings is 1. The monoisotopic (exact) mass is 353 g/mol. The molecule has 0 saturated heterocycles. The van der Waals surface area contributed by atoms with Gasteiger partial charge in [-0.1, -0.05) is 11.6 Å². The molecule has 0 aliphatic heterocycles. The SMILES string of the molecule is N#Cc1ccc(-c2nc(-c3ccc(Cl)cc3F)c3sccn23)cc1. The summed E-state index contributed by atoms with van der Waals surface area (Å²) in [6.07, 6.45) is 1.90. The maximum absolute atomic E-state index is 14.3. The number of hydrogen-bond donors (Lipinski definition) is 0. The minimum Gasteiger partial charge on any atom is -0.290 e. The quantitative estimate of drug-likeness (QED) is 0.484. The highest BCUT2D eigenvalue weighted by atomic mass is 35.5. The lowest BCUT2D eigenvalue weighted by atomic mass is 10.1. The van der Waals surface area contributed by atoms with E-state index in [-0.39, 0.29) is 0 Å². The van der Waals surface area contributed by atoms with E-state index in [2.05, 4.69) is 11.1 Å². The molecule has 0 bridgehead atoms. The molecule has 0 saturated carbocycles. The molecule has 2 heterocycles. The molecule has 0 fully saturated rings. The molecule has 0 atom stereocenters. The van der Waals surface area contributed by atoms with E-state index < -0.39 is 5.82 Å². The molecule has 116 valence electrons. The van der Waals surface area contributed by atoms with E-state index in [1.54, 1.807) is 24.3 Å². The molecule has 0 spiro atoms. The predicted octanol–water partition coefficient (Wildman–Crippen LogP) is 5.39. The van der Waals surface area contributed by atoms with Crippen LogP contribution in [0.1, 0.15) is 5.56 Å². The van der Waals surface area contributed by atoms with Crippen LogP contribution in [0, 0.1) is 17.1 Å². The lowest BCUT2D eigenvalue weighted by molar-refractivity contribution is 0.631. The molecule has 0 unspecified atom stereocenters. The second-order valence-electron chi connectivity index (χ2n) is 5.18. The zero-order chi connectivity index (χ0) is 16.7. The first kappa shape index (κ1) is 14.9. The average molecular weight is 354 g/mol. The van der Waals surface area contributed by atoms with E-state index in [1.165, 1.54) is 17.4 Å². The van der Waals surface area contributed by atoms with Crippen molar-refractivity contribution in [3.05, 3.63) is 70.4 Å². The Balaban J connectivity index is 1.93. The Morgan fingerprint density at radius 2 is 1.96 bits per heavy atom. The van der Waals surface area contributed by atoms with Crippen LogP contribution in [0.25, 0.3) is 27.5 Å². The summed E-state index contributed by atoms with van der Waals surface area (Å²) >= 11 is 7.34. The fraction of sp³-hybridized carbons (Fsp3) is 0. The van der Waals surface area contributed by atoms with Crippen LogP contribution in [0.4, 0.5) is 4.39 Å². The summed E-state index contributed by atoms with van der Waals surface area (Å²) in [5.74, 6) is 0.308. The molecule has 24 heavy (non-hydrogen) atoms. The maximum Gasteiger partial charge on any atom is 0.145 e. The number of aromatic nitrogens is 2. The van der Waals surface area contributed by atoms with Crippen molar-refractivity contribution in [2.75, 3.05) is 0 Å². The first-order valence-electron chi connectivity index (χ1n) is 7.09. The molecule has 6 heteroatoms. The fourth-order valence-electron chi connectivity index (χ4n) is 2.58. The highest BCUT2D eigenvalue weighted by Gasteiger charge is 2.18. The third kappa shape index (κ3) is 2.37. The molecular formula is C18H9ClFN3S. The summed E-state index contributed by atoms with van der Waals surface area (Å²) in [4.78, 5) is 5.50. The van der Waals surface area contributed by atoms with Crippen molar-refractivity contribution in [2.24, 2.45) is 0 Å². The molecule has 0 aliphatic carbocycles. The molecule has 4 aromatic rings. The highest BCUT2D eigenvalue weighted by molar-refractivity contribution is 7.16. The number of benzene rings is 2. The van der Waals surface area contributed by atoms with Crippen molar-refractivity contribution in [1.82, 2.24) is 9.38 Å². The second kappa shape index (κ2) is 5.75. The fourth-order valence-corrected chi connectivity index (χ4v) is 3.58. The number of nitrogens with zero attached hydrogens (tertiary/aromatic N) is 3. The minimum atomic E-state index is -0.401. The Kier molecular flexibility index (Phi) is 3.57. The summed E-state index contributed by atoms with van der Waals surface area (Å²) in [6.45, 7) is 0. The van der Waals surface area contributed by atoms with Crippen LogP contribution in [-0.4, -0.2) is 9.38 Å². The number of nitriles is 1. The third-order valence-corrected chi connectivity index (χ3v) is 4.82. The zero-order valence-corrected chi connectivity index (χ0v) is 13.8. The standard InChI is InChI=1S/C18H9ClFN3S/c19-13-5-6-14(15(20)9-13)16-18-23(7-8-24-18)17(22-16)12-3-1-11(10-21)2-4-12/h1-9H. The molecule has 0 N–H and O–H groups in total. The minimum absolute atomic E-state index is 0.352. The van der Waals surface area contributed by atoms with Gasteiger partial charge in [0.25, 0.3) is 0 Å². The maximum atomic E-state index is 14.3. The van der Waals surface area contributed by atoms with E-state index in [1.807, 2.05) is 28.1 Å². The topological polar surface area (TPSA) is 41.1 Å². The summed E-state index contributed by atoms with van der Waals surface area (Å²) in [5, 5.41) is 11.2. The summed E-state index contributed by atoms with van der Waals surface area (Å²) in [7, 11) is 0. The van der Waals surface area contributed by atoms with E-state index >= 15 is 0 Å². The molecule has 0 radical (unpaired) electrons. The average Bonchev–Trinajstić information content (AvgIpc) is 3.18. The first-order chi connectivity index (χ1) is 11.7. The molecule has 0 aliphatic rings. The van der Waals surface area contributed by atoms with Crippen molar-refractivity contribution < 1.29 is 4.39 Å². The lowest BCUT2D eigenvalue weighted by Gasteiger charge is -2.00. The predicted molar refractivity (Wildman–Crippen MR) is 93.6 cm³/mol. The van der Waals surface area contributed by atoms with Crippen LogP contribution in [0.2, 0.25) is 5.02 Å². The van der Waals surface area contributed by atoms with Crippen LogP contribution in [-0.2, 0) is 0 Å². The molecule has 3 nitrogen and oxygen atoms in total. The summed E-state index contributed by atoms with van der Waals surface area (Å²) in [5.41, 5.74) is 2.45. The van der Waals surface area contributed by atoms with Gasteiger partial charge in [0, 0.05) is 27.7 Å². The summed E-state index contributed by atoms with van der Waals surface area (Å²) < 4.78 is 16.2. The van der Waals surface area contributed by atoms with Gasteiger partial charge in [0.1, 0.15) is 22.2 Å². The van der Waals surface area contributed by atoms with Gasteiger partial charge < -0.3 is 0 Å². The van der Waals surface area contributed by atoms with Crippen LogP contribution in [0.5, 0.6) is 0 Å². The van der Waals surface area contributed by atoms with Gasteiger partial charge in [0.05, 0.1) is 11.6 Å². The van der Waals surface area contributed by atoms with Crippen molar-refractivity contribution in [3.63, 3.8) is 0 Å². The van der Waals surface area contributed by atoms with E-state index in [0.29, 0.717) is 27.7 Å². The first-order valence-corrected chi connectivity index (χ1v) is 8.34. The molecule has 4 rings (SSSR count). The van der Waals surface area contributed by atoms with Gasteiger partial charge in [-0.3, -0.25) is 4.40 Å².